The first-order valence-corrected chi connectivity index (χ1v) is 12.2. The first kappa shape index (κ1) is 22.2. The maximum atomic E-state index is 12.8. The largest absolute Gasteiger partial charge is 0.488 e. The van der Waals surface area contributed by atoms with Crippen LogP contribution in [0.3, 0.4) is 0 Å². The molecule has 1 amide bonds. The smallest absolute Gasteiger partial charge is 0.236 e. The van der Waals surface area contributed by atoms with Gasteiger partial charge in [0.1, 0.15) is 23.0 Å². The summed E-state index contributed by atoms with van der Waals surface area (Å²) in [4.78, 5) is 22.8. The zero-order chi connectivity index (χ0) is 21.7. The van der Waals surface area contributed by atoms with Crippen molar-refractivity contribution in [1.29, 1.82) is 0 Å². The van der Waals surface area contributed by atoms with Gasteiger partial charge >= 0.3 is 0 Å². The van der Waals surface area contributed by atoms with Gasteiger partial charge in [0.2, 0.25) is 5.91 Å². The topological polar surface area (TPSA) is 65.9 Å². The number of ether oxygens (including phenoxy) is 1. The number of nitrogens with zero attached hydrogens (tertiary/aromatic N) is 3. The van der Waals surface area contributed by atoms with Crippen LogP contribution < -0.4 is 4.74 Å². The number of para-hydroxylation sites is 1. The third kappa shape index (κ3) is 5.64. The molecule has 6 nitrogen and oxygen atoms in total. The second-order valence-corrected chi connectivity index (χ2v) is 9.82. The number of carbonyl (C=O) groups is 1. The highest BCUT2D eigenvalue weighted by atomic mass is 32.1. The number of aromatic nitrogens is 1. The van der Waals surface area contributed by atoms with Crippen LogP contribution in [-0.2, 0) is 17.0 Å². The maximum absolute atomic E-state index is 12.8. The van der Waals surface area contributed by atoms with Crippen molar-refractivity contribution in [2.75, 3.05) is 32.7 Å². The van der Waals surface area contributed by atoms with Gasteiger partial charge in [0.05, 0.1) is 17.1 Å². The minimum absolute atomic E-state index is 0.193. The van der Waals surface area contributed by atoms with Gasteiger partial charge in [0.25, 0.3) is 0 Å². The normalized spacial score (nSPS) is 22.8. The lowest BCUT2D eigenvalue weighted by Crippen LogP contribution is -2.43. The zero-order valence-corrected chi connectivity index (χ0v) is 19.2. The predicted molar refractivity (Wildman–Crippen MR) is 122 cm³/mol. The van der Waals surface area contributed by atoms with Crippen molar-refractivity contribution in [2.24, 2.45) is 0 Å². The van der Waals surface area contributed by atoms with E-state index in [1.54, 1.807) is 0 Å². The van der Waals surface area contributed by atoms with Crippen molar-refractivity contribution >= 4 is 17.2 Å². The van der Waals surface area contributed by atoms with Crippen LogP contribution in [0, 0.1) is 6.92 Å². The van der Waals surface area contributed by atoms with Gasteiger partial charge in [-0.15, -0.1) is 11.3 Å². The number of thiazole rings is 1. The molecule has 2 aliphatic rings. The molecule has 2 aromatic rings. The Bertz CT molecular complexity index is 866. The Morgan fingerprint density at radius 2 is 1.87 bits per heavy atom. The standard InChI is InChI=1S/C24H33N3O3S/c1-19-21(18-30-20-9-4-2-5-10-20)31-23(25-19)24(29)11-8-15-27(16-12-24)22(28)17-26-13-6-3-7-14-26/h2,4-5,9-10,29H,3,6-8,11-18H2,1H3/t24-/m0/s1. The van der Waals surface area contributed by atoms with E-state index >= 15 is 0 Å². The van der Waals surface area contributed by atoms with Crippen LogP contribution in [0.5, 0.6) is 5.75 Å². The summed E-state index contributed by atoms with van der Waals surface area (Å²) < 4.78 is 5.88. The number of aryl methyl sites for hydroxylation is 1. The van der Waals surface area contributed by atoms with Crippen molar-refractivity contribution in [3.05, 3.63) is 45.9 Å². The van der Waals surface area contributed by atoms with Crippen LogP contribution in [0.15, 0.2) is 30.3 Å². The third-order valence-electron chi connectivity index (χ3n) is 6.38. The van der Waals surface area contributed by atoms with Crippen LogP contribution in [0.25, 0.3) is 0 Å². The number of hydrogen-bond donors (Lipinski definition) is 1. The Kier molecular flexibility index (Phi) is 7.25. The van der Waals surface area contributed by atoms with E-state index in [1.807, 2.05) is 42.2 Å². The molecule has 1 N–H and O–H groups in total. The molecule has 1 atom stereocenters. The molecule has 168 valence electrons. The Hall–Kier alpha value is -1.96. The lowest BCUT2D eigenvalue weighted by atomic mass is 9.96. The molecule has 7 heteroatoms. The average molecular weight is 444 g/mol. The van der Waals surface area contributed by atoms with Crippen molar-refractivity contribution in [3.63, 3.8) is 0 Å². The average Bonchev–Trinajstić information content (AvgIpc) is 3.04. The summed E-state index contributed by atoms with van der Waals surface area (Å²) in [5.41, 5.74) is -0.0627. The summed E-state index contributed by atoms with van der Waals surface area (Å²) in [6.07, 6.45) is 5.60. The van der Waals surface area contributed by atoms with E-state index in [0.29, 0.717) is 39.1 Å². The van der Waals surface area contributed by atoms with E-state index in [9.17, 15) is 9.90 Å². The van der Waals surface area contributed by atoms with E-state index in [-0.39, 0.29) is 5.91 Å². The number of rotatable bonds is 6. The third-order valence-corrected chi connectivity index (χ3v) is 7.70. The fraction of sp³-hybridized carbons (Fsp3) is 0.583. The zero-order valence-electron chi connectivity index (χ0n) is 18.4. The van der Waals surface area contributed by atoms with Gasteiger partial charge in [0.15, 0.2) is 0 Å². The van der Waals surface area contributed by atoms with Crippen LogP contribution >= 0.6 is 11.3 Å². The van der Waals surface area contributed by atoms with Gasteiger partial charge in [-0.25, -0.2) is 4.98 Å². The summed E-state index contributed by atoms with van der Waals surface area (Å²) in [6, 6.07) is 9.74. The van der Waals surface area contributed by atoms with Gasteiger partial charge < -0.3 is 14.7 Å². The van der Waals surface area contributed by atoms with Crippen molar-refractivity contribution in [1.82, 2.24) is 14.8 Å². The Labute approximate surface area is 188 Å². The van der Waals surface area contributed by atoms with E-state index in [2.05, 4.69) is 4.90 Å². The van der Waals surface area contributed by atoms with E-state index in [4.69, 9.17) is 9.72 Å². The molecule has 31 heavy (non-hydrogen) atoms. The molecule has 0 radical (unpaired) electrons. The van der Waals surface area contributed by atoms with Gasteiger partial charge in [0, 0.05) is 19.5 Å². The van der Waals surface area contributed by atoms with Gasteiger partial charge in [-0.05, 0) is 57.8 Å². The van der Waals surface area contributed by atoms with Crippen molar-refractivity contribution < 1.29 is 14.6 Å². The Balaban J connectivity index is 1.36. The van der Waals surface area contributed by atoms with Crippen LogP contribution in [0.1, 0.15) is 54.1 Å². The Morgan fingerprint density at radius 1 is 1.10 bits per heavy atom. The van der Waals surface area contributed by atoms with Crippen LogP contribution in [0.4, 0.5) is 0 Å². The second kappa shape index (κ2) is 10.1. The number of aliphatic hydroxyl groups is 1. The summed E-state index contributed by atoms with van der Waals surface area (Å²) in [5, 5.41) is 12.2. The number of carbonyl (C=O) groups excluding carboxylic acids is 1. The minimum atomic E-state index is -0.972. The fourth-order valence-electron chi connectivity index (χ4n) is 4.42. The fourth-order valence-corrected chi connectivity index (χ4v) is 5.54. The molecule has 0 unspecified atom stereocenters. The highest BCUT2D eigenvalue weighted by molar-refractivity contribution is 7.11. The molecule has 3 heterocycles. The SMILES string of the molecule is Cc1nc([C@]2(O)CCCN(C(=O)CN3CCCCC3)CC2)sc1COc1ccccc1. The molecule has 1 aromatic heterocycles. The van der Waals surface area contributed by atoms with E-state index < -0.39 is 5.60 Å². The molecule has 0 bridgehead atoms. The van der Waals surface area contributed by atoms with Crippen molar-refractivity contribution in [2.45, 2.75) is 57.7 Å². The first-order valence-electron chi connectivity index (χ1n) is 11.4. The summed E-state index contributed by atoms with van der Waals surface area (Å²) in [6.45, 7) is 6.27. The highest BCUT2D eigenvalue weighted by Gasteiger charge is 2.36. The van der Waals surface area contributed by atoms with Gasteiger partial charge in [-0.2, -0.15) is 0 Å². The summed E-state index contributed by atoms with van der Waals surface area (Å²) in [7, 11) is 0. The lowest BCUT2D eigenvalue weighted by Gasteiger charge is -2.29. The molecule has 2 saturated heterocycles. The van der Waals surface area contributed by atoms with E-state index in [0.717, 1.165) is 40.8 Å². The van der Waals surface area contributed by atoms with Gasteiger partial charge in [-0.1, -0.05) is 24.6 Å². The monoisotopic (exact) mass is 443 g/mol. The van der Waals surface area contributed by atoms with Crippen LogP contribution in [-0.4, -0.2) is 58.5 Å². The first-order chi connectivity index (χ1) is 15.0. The molecule has 2 aliphatic heterocycles. The number of hydrogen-bond acceptors (Lipinski definition) is 6. The minimum Gasteiger partial charge on any atom is -0.488 e. The van der Waals surface area contributed by atoms with E-state index in [1.165, 1.54) is 30.6 Å². The Morgan fingerprint density at radius 3 is 2.65 bits per heavy atom. The van der Waals surface area contributed by atoms with Gasteiger partial charge in [-0.3, -0.25) is 9.69 Å². The van der Waals surface area contributed by atoms with Crippen LogP contribution in [0.2, 0.25) is 0 Å². The van der Waals surface area contributed by atoms with Crippen molar-refractivity contribution in [3.8, 4) is 5.75 Å². The lowest BCUT2D eigenvalue weighted by molar-refractivity contribution is -0.132. The summed E-state index contributed by atoms with van der Waals surface area (Å²) in [5.74, 6) is 1.02. The molecule has 0 saturated carbocycles. The molecule has 4 rings (SSSR count). The molecule has 0 aliphatic carbocycles. The second-order valence-electron chi connectivity index (χ2n) is 8.73. The summed E-state index contributed by atoms with van der Waals surface area (Å²) >= 11 is 1.53. The number of piperidine rings is 1. The quantitative estimate of drug-likeness (QED) is 0.737. The number of benzene rings is 1. The predicted octanol–water partition coefficient (Wildman–Crippen LogP) is 3.72. The molecule has 0 spiro atoms. The molecule has 2 fully saturated rings. The molecular weight excluding hydrogens is 410 g/mol. The highest BCUT2D eigenvalue weighted by Crippen LogP contribution is 2.37. The molecule has 1 aromatic carbocycles. The maximum Gasteiger partial charge on any atom is 0.236 e. The molecular formula is C24H33N3O3S. The number of amides is 1. The number of likely N-dealkylation sites (tertiary alicyclic amines) is 2.